The number of rotatable bonds is 6. The Kier molecular flexibility index (Phi) is 3.80. The van der Waals surface area contributed by atoms with Gasteiger partial charge in [0.25, 0.3) is 0 Å². The van der Waals surface area contributed by atoms with Gasteiger partial charge in [0.2, 0.25) is 0 Å². The highest BCUT2D eigenvalue weighted by Crippen LogP contribution is 2.38. The molecule has 2 aliphatic rings. The van der Waals surface area contributed by atoms with E-state index in [0.717, 1.165) is 43.4 Å². The lowest BCUT2D eigenvalue weighted by molar-refractivity contribution is -0.150. The zero-order valence-electron chi connectivity index (χ0n) is 9.95. The lowest BCUT2D eigenvalue weighted by atomic mass is 9.95. The topological polar surface area (TPSA) is 40.5 Å². The van der Waals surface area contributed by atoms with Crippen LogP contribution >= 0.6 is 11.8 Å². The summed E-state index contributed by atoms with van der Waals surface area (Å²) in [5.74, 6) is 1.94. The Hall–Kier alpha value is -0.220. The molecule has 1 aliphatic carbocycles. The predicted octanol–water partition coefficient (Wildman–Crippen LogP) is 2.07. The van der Waals surface area contributed by atoms with Gasteiger partial charge < -0.3 is 5.11 Å². The monoisotopic (exact) mass is 243 g/mol. The van der Waals surface area contributed by atoms with Crippen LogP contribution in [-0.4, -0.2) is 46.1 Å². The first kappa shape index (κ1) is 12.2. The van der Waals surface area contributed by atoms with Gasteiger partial charge in [-0.15, -0.1) is 0 Å². The van der Waals surface area contributed by atoms with Gasteiger partial charge in [-0.25, -0.2) is 0 Å². The number of carboxylic acids is 1. The zero-order chi connectivity index (χ0) is 11.6. The Morgan fingerprint density at radius 1 is 1.56 bits per heavy atom. The van der Waals surface area contributed by atoms with E-state index < -0.39 is 11.5 Å². The van der Waals surface area contributed by atoms with Crippen LogP contribution in [0.25, 0.3) is 0 Å². The summed E-state index contributed by atoms with van der Waals surface area (Å²) in [5, 5.41) is 9.54. The Morgan fingerprint density at radius 2 is 2.31 bits per heavy atom. The number of carboxylic acid groups (broad SMARTS) is 1. The Labute approximate surface area is 102 Å². The maximum absolute atomic E-state index is 11.6. The Bertz CT molecular complexity index is 260. The van der Waals surface area contributed by atoms with Crippen LogP contribution in [0.4, 0.5) is 0 Å². The normalized spacial score (nSPS) is 29.9. The fourth-order valence-corrected chi connectivity index (χ4v) is 3.88. The van der Waals surface area contributed by atoms with E-state index in [9.17, 15) is 9.90 Å². The summed E-state index contributed by atoms with van der Waals surface area (Å²) in [4.78, 5) is 13.8. The van der Waals surface area contributed by atoms with E-state index in [1.54, 1.807) is 11.8 Å². The number of hydrogen-bond acceptors (Lipinski definition) is 3. The van der Waals surface area contributed by atoms with Crippen LogP contribution in [0, 0.1) is 5.92 Å². The third-order valence-corrected chi connectivity index (χ3v) is 4.85. The van der Waals surface area contributed by atoms with Gasteiger partial charge in [-0.3, -0.25) is 9.69 Å². The molecule has 0 spiro atoms. The second kappa shape index (κ2) is 4.96. The van der Waals surface area contributed by atoms with Crippen molar-refractivity contribution in [3.63, 3.8) is 0 Å². The molecule has 1 saturated carbocycles. The van der Waals surface area contributed by atoms with E-state index in [1.165, 1.54) is 12.8 Å². The van der Waals surface area contributed by atoms with Gasteiger partial charge in [-0.05, 0) is 43.9 Å². The minimum atomic E-state index is -0.605. The average molecular weight is 243 g/mol. The highest BCUT2D eigenvalue weighted by molar-refractivity contribution is 7.99. The second-order valence-electron chi connectivity index (χ2n) is 5.03. The summed E-state index contributed by atoms with van der Waals surface area (Å²) in [5.41, 5.74) is -0.552. The molecule has 1 atom stereocenters. The average Bonchev–Trinajstić information content (AvgIpc) is 2.93. The predicted molar refractivity (Wildman–Crippen MR) is 66.9 cm³/mol. The molecule has 0 aromatic rings. The molecule has 0 radical (unpaired) electrons. The number of nitrogens with zero attached hydrogens (tertiary/aromatic N) is 1. The van der Waals surface area contributed by atoms with Crippen LogP contribution in [0.1, 0.15) is 32.6 Å². The third kappa shape index (κ3) is 2.38. The number of aliphatic carboxylic acids is 1. The van der Waals surface area contributed by atoms with Crippen molar-refractivity contribution in [3.05, 3.63) is 0 Å². The van der Waals surface area contributed by atoms with Gasteiger partial charge in [0.05, 0.1) is 0 Å². The van der Waals surface area contributed by atoms with Crippen LogP contribution < -0.4 is 0 Å². The fraction of sp³-hybridized carbons (Fsp3) is 0.917. The van der Waals surface area contributed by atoms with E-state index in [1.807, 2.05) is 0 Å². The molecule has 92 valence electrons. The summed E-state index contributed by atoms with van der Waals surface area (Å²) >= 11 is 1.79. The first-order chi connectivity index (χ1) is 7.69. The zero-order valence-corrected chi connectivity index (χ0v) is 10.8. The molecule has 1 saturated heterocycles. The van der Waals surface area contributed by atoms with Crippen LogP contribution in [0.15, 0.2) is 0 Å². The molecule has 4 heteroatoms. The lowest BCUT2D eigenvalue weighted by Crippen LogP contribution is -2.56. The van der Waals surface area contributed by atoms with Crippen molar-refractivity contribution in [2.75, 3.05) is 24.6 Å². The van der Waals surface area contributed by atoms with Crippen molar-refractivity contribution in [2.24, 2.45) is 5.92 Å². The molecule has 1 N–H and O–H groups in total. The molecule has 0 aromatic heterocycles. The molecule has 1 aliphatic heterocycles. The molecule has 2 fully saturated rings. The maximum atomic E-state index is 11.6. The van der Waals surface area contributed by atoms with Gasteiger partial charge in [-0.2, -0.15) is 11.8 Å². The number of hydrogen-bond donors (Lipinski definition) is 1. The lowest BCUT2D eigenvalue weighted by Gasteiger charge is -2.37. The Balaban J connectivity index is 2.09. The first-order valence-corrected chi connectivity index (χ1v) is 7.40. The van der Waals surface area contributed by atoms with Gasteiger partial charge in [0.1, 0.15) is 5.54 Å². The SMILES string of the molecule is CCCN(CC1CC1)C1(C(=O)O)CCSC1. The molecule has 0 aromatic carbocycles. The Morgan fingerprint density at radius 3 is 2.75 bits per heavy atom. The maximum Gasteiger partial charge on any atom is 0.325 e. The van der Waals surface area contributed by atoms with Gasteiger partial charge >= 0.3 is 5.97 Å². The number of thioether (sulfide) groups is 1. The highest BCUT2D eigenvalue weighted by Gasteiger charge is 2.47. The molecule has 1 heterocycles. The summed E-state index contributed by atoms with van der Waals surface area (Å²) < 4.78 is 0. The van der Waals surface area contributed by atoms with Gasteiger partial charge in [0.15, 0.2) is 0 Å². The van der Waals surface area contributed by atoms with Crippen molar-refractivity contribution in [1.82, 2.24) is 4.90 Å². The van der Waals surface area contributed by atoms with Crippen molar-refractivity contribution in [2.45, 2.75) is 38.1 Å². The molecule has 0 bridgehead atoms. The summed E-state index contributed by atoms with van der Waals surface area (Å²) in [7, 11) is 0. The van der Waals surface area contributed by atoms with Gasteiger partial charge in [-0.1, -0.05) is 6.92 Å². The van der Waals surface area contributed by atoms with Crippen molar-refractivity contribution < 1.29 is 9.90 Å². The van der Waals surface area contributed by atoms with Crippen LogP contribution in [-0.2, 0) is 4.79 Å². The molecule has 3 nitrogen and oxygen atoms in total. The van der Waals surface area contributed by atoms with Crippen LogP contribution in [0.2, 0.25) is 0 Å². The summed E-state index contributed by atoms with van der Waals surface area (Å²) in [6, 6.07) is 0. The third-order valence-electron chi connectivity index (χ3n) is 3.67. The highest BCUT2D eigenvalue weighted by atomic mass is 32.2. The minimum absolute atomic E-state index is 0.552. The first-order valence-electron chi connectivity index (χ1n) is 6.25. The minimum Gasteiger partial charge on any atom is -0.480 e. The largest absolute Gasteiger partial charge is 0.480 e. The summed E-state index contributed by atoms with van der Waals surface area (Å²) in [6.45, 7) is 4.07. The smallest absolute Gasteiger partial charge is 0.325 e. The second-order valence-corrected chi connectivity index (χ2v) is 6.13. The molecular formula is C12H21NO2S. The van der Waals surface area contributed by atoms with Crippen LogP contribution in [0.5, 0.6) is 0 Å². The summed E-state index contributed by atoms with van der Waals surface area (Å²) in [6.07, 6.45) is 4.46. The van der Waals surface area contributed by atoms with Crippen molar-refractivity contribution in [1.29, 1.82) is 0 Å². The van der Waals surface area contributed by atoms with E-state index in [-0.39, 0.29) is 0 Å². The molecule has 2 rings (SSSR count). The van der Waals surface area contributed by atoms with Gasteiger partial charge in [0, 0.05) is 12.3 Å². The van der Waals surface area contributed by atoms with E-state index in [4.69, 9.17) is 0 Å². The molecule has 16 heavy (non-hydrogen) atoms. The van der Waals surface area contributed by atoms with Crippen molar-refractivity contribution in [3.8, 4) is 0 Å². The van der Waals surface area contributed by atoms with Crippen LogP contribution in [0.3, 0.4) is 0 Å². The van der Waals surface area contributed by atoms with E-state index in [0.29, 0.717) is 0 Å². The van der Waals surface area contributed by atoms with E-state index in [2.05, 4.69) is 11.8 Å². The van der Waals surface area contributed by atoms with E-state index >= 15 is 0 Å². The quantitative estimate of drug-likeness (QED) is 0.775. The molecule has 0 amide bonds. The number of carbonyl (C=O) groups is 1. The molecular weight excluding hydrogens is 222 g/mol. The standard InChI is InChI=1S/C12H21NO2S/c1-2-6-13(8-10-3-4-10)12(11(14)15)5-7-16-9-12/h10H,2-9H2,1H3,(H,14,15). The molecule has 1 unspecified atom stereocenters. The van der Waals surface area contributed by atoms with Crippen molar-refractivity contribution >= 4 is 17.7 Å². The fourth-order valence-electron chi connectivity index (χ4n) is 2.47.